The highest BCUT2D eigenvalue weighted by Crippen LogP contribution is 2.36. The van der Waals surface area contributed by atoms with Gasteiger partial charge in [-0.15, -0.1) is 0 Å². The summed E-state index contributed by atoms with van der Waals surface area (Å²) in [5.74, 6) is 0.860. The van der Waals surface area contributed by atoms with Gasteiger partial charge in [-0.1, -0.05) is 31.4 Å². The van der Waals surface area contributed by atoms with Crippen molar-refractivity contribution in [3.63, 3.8) is 0 Å². The minimum absolute atomic E-state index is 0.0727. The molecule has 1 heterocycles. The number of hydrogen-bond donors (Lipinski definition) is 1. The quantitative estimate of drug-likeness (QED) is 0.255. The predicted molar refractivity (Wildman–Crippen MR) is 138 cm³/mol. The molecular formula is C25H26FIN2O3S. The van der Waals surface area contributed by atoms with E-state index in [1.807, 2.05) is 25.1 Å². The fraction of sp³-hybridized carbons (Fsp3) is 0.360. The molecule has 5 nitrogen and oxygen atoms in total. The van der Waals surface area contributed by atoms with Gasteiger partial charge in [0, 0.05) is 6.04 Å². The van der Waals surface area contributed by atoms with Gasteiger partial charge in [-0.2, -0.15) is 0 Å². The highest BCUT2D eigenvalue weighted by molar-refractivity contribution is 14.1. The number of ether oxygens (including phenoxy) is 2. The zero-order chi connectivity index (χ0) is 23.4. The Balaban J connectivity index is 1.55. The van der Waals surface area contributed by atoms with Gasteiger partial charge in [0.25, 0.3) is 5.91 Å². The van der Waals surface area contributed by atoms with Crippen molar-refractivity contribution in [3.05, 3.63) is 62.6 Å². The van der Waals surface area contributed by atoms with E-state index in [1.54, 1.807) is 17.0 Å². The van der Waals surface area contributed by atoms with E-state index < -0.39 is 0 Å². The molecule has 2 aromatic carbocycles. The van der Waals surface area contributed by atoms with Crippen LogP contribution >= 0.6 is 34.8 Å². The van der Waals surface area contributed by atoms with Gasteiger partial charge < -0.3 is 14.8 Å². The van der Waals surface area contributed by atoms with Crippen molar-refractivity contribution in [1.29, 1.82) is 0 Å². The van der Waals surface area contributed by atoms with Crippen LogP contribution in [0.15, 0.2) is 42.1 Å². The van der Waals surface area contributed by atoms with Crippen molar-refractivity contribution in [3.8, 4) is 11.5 Å². The van der Waals surface area contributed by atoms with Crippen LogP contribution in [0.3, 0.4) is 0 Å². The number of nitrogens with zero attached hydrogens (tertiary/aromatic N) is 1. The summed E-state index contributed by atoms with van der Waals surface area (Å²) >= 11 is 7.68. The lowest BCUT2D eigenvalue weighted by Crippen LogP contribution is -2.41. The molecule has 4 rings (SSSR count). The molecule has 2 aromatic rings. The first kappa shape index (κ1) is 23.9. The number of thiocarbonyl (C=S) groups is 1. The molecule has 1 saturated carbocycles. The number of nitrogens with one attached hydrogen (secondary N) is 1. The second kappa shape index (κ2) is 10.8. The summed E-state index contributed by atoms with van der Waals surface area (Å²) in [7, 11) is 0. The molecule has 1 aliphatic carbocycles. The molecule has 0 aromatic heterocycles. The summed E-state index contributed by atoms with van der Waals surface area (Å²) in [6.45, 7) is 2.67. The smallest absolute Gasteiger partial charge is 0.276 e. The van der Waals surface area contributed by atoms with Crippen molar-refractivity contribution in [2.45, 2.75) is 51.7 Å². The van der Waals surface area contributed by atoms with Crippen LogP contribution in [-0.2, 0) is 11.4 Å². The van der Waals surface area contributed by atoms with Crippen LogP contribution in [0.5, 0.6) is 11.5 Å². The Hall–Kier alpha value is -2.20. The Morgan fingerprint density at radius 2 is 1.91 bits per heavy atom. The van der Waals surface area contributed by atoms with Crippen molar-refractivity contribution in [1.82, 2.24) is 10.2 Å². The highest BCUT2D eigenvalue weighted by Gasteiger charge is 2.36. The normalized spacial score (nSPS) is 18.0. The Labute approximate surface area is 212 Å². The average Bonchev–Trinajstić information content (AvgIpc) is 3.08. The Morgan fingerprint density at radius 3 is 2.61 bits per heavy atom. The topological polar surface area (TPSA) is 50.8 Å². The fourth-order valence-electron chi connectivity index (χ4n) is 4.20. The number of carbonyl (C=O) groups excluding carboxylic acids is 1. The first-order chi connectivity index (χ1) is 16.0. The summed E-state index contributed by atoms with van der Waals surface area (Å²) in [6.07, 6.45) is 7.28. The number of carbonyl (C=O) groups is 1. The lowest BCUT2D eigenvalue weighted by atomic mass is 9.94. The van der Waals surface area contributed by atoms with E-state index in [0.29, 0.717) is 35.5 Å². The molecule has 2 aliphatic rings. The Kier molecular flexibility index (Phi) is 7.85. The van der Waals surface area contributed by atoms with Crippen molar-refractivity contribution < 1.29 is 18.7 Å². The standard InChI is InChI=1S/C25H26FIN2O3S/c1-2-31-22-14-17(12-20(27)23(22)32-15-16-8-10-18(26)11-9-16)13-21-24(30)29(25(33)28-21)19-6-4-3-5-7-19/h8-14,19H,2-7,15H2,1H3,(H,28,33)/b21-13-. The average molecular weight is 580 g/mol. The van der Waals surface area contributed by atoms with Crippen molar-refractivity contribution in [2.24, 2.45) is 0 Å². The predicted octanol–water partition coefficient (Wildman–Crippen LogP) is 5.80. The lowest BCUT2D eigenvalue weighted by molar-refractivity contribution is -0.124. The van der Waals surface area contributed by atoms with Gasteiger partial charge in [-0.05, 0) is 96.0 Å². The van der Waals surface area contributed by atoms with Gasteiger partial charge in [-0.25, -0.2) is 4.39 Å². The zero-order valence-electron chi connectivity index (χ0n) is 18.4. The molecule has 0 bridgehead atoms. The van der Waals surface area contributed by atoms with E-state index in [2.05, 4.69) is 27.9 Å². The van der Waals surface area contributed by atoms with E-state index in [1.165, 1.54) is 18.6 Å². The van der Waals surface area contributed by atoms with Gasteiger partial charge >= 0.3 is 0 Å². The minimum atomic E-state index is -0.280. The van der Waals surface area contributed by atoms with Crippen LogP contribution in [0, 0.1) is 9.39 Å². The summed E-state index contributed by atoms with van der Waals surface area (Å²) in [5, 5.41) is 3.58. The summed E-state index contributed by atoms with van der Waals surface area (Å²) < 4.78 is 25.9. The molecule has 2 fully saturated rings. The third kappa shape index (κ3) is 5.66. The van der Waals surface area contributed by atoms with Gasteiger partial charge in [0.2, 0.25) is 0 Å². The molecular weight excluding hydrogens is 554 g/mol. The molecule has 0 spiro atoms. The molecule has 33 heavy (non-hydrogen) atoms. The second-order valence-electron chi connectivity index (χ2n) is 8.13. The lowest BCUT2D eigenvalue weighted by Gasteiger charge is -2.29. The number of amides is 1. The van der Waals surface area contributed by atoms with E-state index >= 15 is 0 Å². The third-order valence-corrected chi connectivity index (χ3v) is 6.89. The maximum atomic E-state index is 13.2. The second-order valence-corrected chi connectivity index (χ2v) is 9.68. The van der Waals surface area contributed by atoms with Crippen LogP contribution < -0.4 is 14.8 Å². The van der Waals surface area contributed by atoms with E-state index in [4.69, 9.17) is 21.7 Å². The number of halogens is 2. The minimum Gasteiger partial charge on any atom is -0.490 e. The third-order valence-electron chi connectivity index (χ3n) is 5.79. The van der Waals surface area contributed by atoms with Gasteiger partial charge in [0.05, 0.1) is 10.2 Å². The summed E-state index contributed by atoms with van der Waals surface area (Å²) in [5.41, 5.74) is 2.16. The van der Waals surface area contributed by atoms with Gasteiger partial charge in [0.15, 0.2) is 16.6 Å². The van der Waals surface area contributed by atoms with Crippen LogP contribution in [0.4, 0.5) is 4.39 Å². The summed E-state index contributed by atoms with van der Waals surface area (Å²) in [6, 6.07) is 10.2. The molecule has 1 aliphatic heterocycles. The molecule has 0 atom stereocenters. The van der Waals surface area contributed by atoms with Crippen LogP contribution in [0.1, 0.15) is 50.2 Å². The number of rotatable bonds is 7. The Morgan fingerprint density at radius 1 is 1.18 bits per heavy atom. The number of benzene rings is 2. The zero-order valence-corrected chi connectivity index (χ0v) is 21.4. The molecule has 1 N–H and O–H groups in total. The monoisotopic (exact) mass is 580 g/mol. The molecule has 1 saturated heterocycles. The van der Waals surface area contributed by atoms with E-state index in [9.17, 15) is 9.18 Å². The van der Waals surface area contributed by atoms with Gasteiger partial charge in [-0.3, -0.25) is 9.69 Å². The van der Waals surface area contributed by atoms with Crippen LogP contribution in [0.2, 0.25) is 0 Å². The van der Waals surface area contributed by atoms with Crippen LogP contribution in [0.25, 0.3) is 6.08 Å². The fourth-order valence-corrected chi connectivity index (χ4v) is 5.32. The SMILES string of the molecule is CCOc1cc(/C=C2\NC(=S)N(C3CCCCC3)C2=O)cc(I)c1OCc1ccc(F)cc1. The molecule has 0 unspecified atom stereocenters. The van der Waals surface area contributed by atoms with Gasteiger partial charge in [0.1, 0.15) is 18.1 Å². The maximum absolute atomic E-state index is 13.2. The van der Waals surface area contributed by atoms with E-state index in [0.717, 1.165) is 40.4 Å². The largest absolute Gasteiger partial charge is 0.490 e. The first-order valence-corrected chi connectivity index (χ1v) is 12.6. The summed E-state index contributed by atoms with van der Waals surface area (Å²) in [4.78, 5) is 14.8. The maximum Gasteiger partial charge on any atom is 0.276 e. The molecule has 1 amide bonds. The van der Waals surface area contributed by atoms with Crippen molar-refractivity contribution in [2.75, 3.05) is 6.61 Å². The highest BCUT2D eigenvalue weighted by atomic mass is 127. The van der Waals surface area contributed by atoms with Crippen LogP contribution in [-0.4, -0.2) is 28.6 Å². The molecule has 0 radical (unpaired) electrons. The van der Waals surface area contributed by atoms with Crippen molar-refractivity contribution >= 4 is 51.9 Å². The van der Waals surface area contributed by atoms with E-state index in [-0.39, 0.29) is 17.8 Å². The Bertz CT molecular complexity index is 1070. The number of hydrogen-bond acceptors (Lipinski definition) is 4. The molecule has 174 valence electrons. The first-order valence-electron chi connectivity index (χ1n) is 11.2. The molecule has 8 heteroatoms.